The van der Waals surface area contributed by atoms with Crippen molar-refractivity contribution in [3.63, 3.8) is 0 Å². The van der Waals surface area contributed by atoms with E-state index in [2.05, 4.69) is 20.5 Å². The number of rotatable bonds is 5. The highest BCUT2D eigenvalue weighted by atomic mass is 35.5. The Kier molecular flexibility index (Phi) is 6.77. The van der Waals surface area contributed by atoms with Crippen molar-refractivity contribution in [3.05, 3.63) is 64.6 Å². The lowest BCUT2D eigenvalue weighted by Crippen LogP contribution is -2.48. The number of methoxy groups -OCH3 is 1. The van der Waals surface area contributed by atoms with Gasteiger partial charge in [-0.15, -0.1) is 11.3 Å². The zero-order valence-electron chi connectivity index (χ0n) is 17.4. The lowest BCUT2D eigenvalue weighted by atomic mass is 10.2. The van der Waals surface area contributed by atoms with Crippen LogP contribution in [0.2, 0.25) is 5.02 Å². The number of carbonyl (C=O) groups excluding carboxylic acids is 2. The Labute approximate surface area is 194 Å². The van der Waals surface area contributed by atoms with Gasteiger partial charge in [0, 0.05) is 54.0 Å². The van der Waals surface area contributed by atoms with Gasteiger partial charge in [-0.3, -0.25) is 10.1 Å². The van der Waals surface area contributed by atoms with Gasteiger partial charge in [0.2, 0.25) is 0 Å². The van der Waals surface area contributed by atoms with E-state index in [4.69, 9.17) is 16.3 Å². The van der Waals surface area contributed by atoms with E-state index in [-0.39, 0.29) is 5.91 Å². The number of anilines is 3. The monoisotopic (exact) mass is 471 g/mol. The molecular formula is C22H22ClN5O3S. The van der Waals surface area contributed by atoms with E-state index in [1.807, 2.05) is 24.3 Å². The van der Waals surface area contributed by atoms with Gasteiger partial charge in [-0.1, -0.05) is 23.7 Å². The van der Waals surface area contributed by atoms with E-state index >= 15 is 0 Å². The van der Waals surface area contributed by atoms with E-state index in [9.17, 15) is 9.59 Å². The molecule has 2 N–H and O–H groups in total. The summed E-state index contributed by atoms with van der Waals surface area (Å²) >= 11 is 7.13. The molecule has 2 aromatic carbocycles. The minimum absolute atomic E-state index is 0.144. The molecule has 4 rings (SSSR count). The normalized spacial score (nSPS) is 13.6. The highest BCUT2D eigenvalue weighted by Crippen LogP contribution is 2.23. The van der Waals surface area contributed by atoms with Gasteiger partial charge >= 0.3 is 6.03 Å². The molecule has 0 unspecified atom stereocenters. The molecule has 0 saturated carbocycles. The van der Waals surface area contributed by atoms with Crippen molar-refractivity contribution in [2.24, 2.45) is 0 Å². The molecule has 0 bridgehead atoms. The van der Waals surface area contributed by atoms with Gasteiger partial charge in [0.15, 0.2) is 5.13 Å². The highest BCUT2D eigenvalue weighted by Gasteiger charge is 2.24. The van der Waals surface area contributed by atoms with Crippen molar-refractivity contribution in [3.8, 4) is 5.75 Å². The Morgan fingerprint density at radius 1 is 1.06 bits per heavy atom. The van der Waals surface area contributed by atoms with Crippen molar-refractivity contribution >= 4 is 51.4 Å². The third kappa shape index (κ3) is 5.30. The first kappa shape index (κ1) is 21.9. The zero-order valence-corrected chi connectivity index (χ0v) is 18.9. The number of nitrogens with one attached hydrogen (secondary N) is 2. The average molecular weight is 472 g/mol. The molecule has 10 heteroatoms. The number of aromatic nitrogens is 1. The number of benzene rings is 2. The Morgan fingerprint density at radius 3 is 2.59 bits per heavy atom. The molecule has 8 nitrogen and oxygen atoms in total. The van der Waals surface area contributed by atoms with Crippen LogP contribution in [0.1, 0.15) is 10.5 Å². The molecule has 1 aliphatic rings. The molecular weight excluding hydrogens is 450 g/mol. The number of thiazole rings is 1. The van der Waals surface area contributed by atoms with E-state index < -0.39 is 6.03 Å². The molecule has 1 fully saturated rings. The van der Waals surface area contributed by atoms with Crippen LogP contribution in [0, 0.1) is 0 Å². The van der Waals surface area contributed by atoms with Crippen LogP contribution >= 0.6 is 22.9 Å². The second kappa shape index (κ2) is 9.88. The molecule has 2 heterocycles. The Balaban J connectivity index is 1.31. The second-order valence-corrected chi connectivity index (χ2v) is 8.40. The number of hydrogen-bond donors (Lipinski definition) is 2. The minimum atomic E-state index is -0.451. The summed E-state index contributed by atoms with van der Waals surface area (Å²) in [6.45, 7) is 2.61. The molecule has 0 aliphatic carbocycles. The molecule has 1 aromatic heterocycles. The van der Waals surface area contributed by atoms with Crippen LogP contribution < -0.4 is 20.3 Å². The largest absolute Gasteiger partial charge is 0.497 e. The summed E-state index contributed by atoms with van der Waals surface area (Å²) in [4.78, 5) is 33.3. The number of urea groups is 1. The van der Waals surface area contributed by atoms with Crippen LogP contribution in [0.25, 0.3) is 0 Å². The molecule has 3 amide bonds. The zero-order chi connectivity index (χ0) is 22.5. The molecule has 1 saturated heterocycles. The fraction of sp³-hybridized carbons (Fsp3) is 0.227. The van der Waals surface area contributed by atoms with Crippen molar-refractivity contribution in [1.29, 1.82) is 0 Å². The maximum atomic E-state index is 12.9. The fourth-order valence-corrected chi connectivity index (χ4v) is 4.26. The fourth-order valence-electron chi connectivity index (χ4n) is 3.39. The number of nitrogens with zero attached hydrogens (tertiary/aromatic N) is 3. The number of ether oxygens (including phenoxy) is 1. The van der Waals surface area contributed by atoms with Crippen LogP contribution in [-0.2, 0) is 0 Å². The lowest BCUT2D eigenvalue weighted by Gasteiger charge is -2.35. The first-order chi connectivity index (χ1) is 15.5. The molecule has 0 atom stereocenters. The smallest absolute Gasteiger partial charge is 0.325 e. The van der Waals surface area contributed by atoms with E-state index in [1.165, 1.54) is 11.3 Å². The summed E-state index contributed by atoms with van der Waals surface area (Å²) in [7, 11) is 1.65. The van der Waals surface area contributed by atoms with Crippen molar-refractivity contribution in [1.82, 2.24) is 9.88 Å². The topological polar surface area (TPSA) is 86.8 Å². The van der Waals surface area contributed by atoms with Gasteiger partial charge in [-0.2, -0.15) is 0 Å². The van der Waals surface area contributed by atoms with Gasteiger partial charge in [-0.25, -0.2) is 9.78 Å². The number of carbonyl (C=O) groups is 2. The van der Waals surface area contributed by atoms with Gasteiger partial charge in [0.1, 0.15) is 11.4 Å². The third-order valence-electron chi connectivity index (χ3n) is 5.01. The first-order valence-corrected chi connectivity index (χ1v) is 11.2. The van der Waals surface area contributed by atoms with Crippen LogP contribution in [-0.4, -0.2) is 55.1 Å². The van der Waals surface area contributed by atoms with Crippen LogP contribution in [0.4, 0.5) is 21.3 Å². The van der Waals surface area contributed by atoms with Crippen LogP contribution in [0.5, 0.6) is 5.75 Å². The van der Waals surface area contributed by atoms with E-state index in [1.54, 1.807) is 41.7 Å². The quantitative estimate of drug-likeness (QED) is 0.575. The maximum absolute atomic E-state index is 12.9. The summed E-state index contributed by atoms with van der Waals surface area (Å²) in [6, 6.07) is 14.3. The van der Waals surface area contributed by atoms with Gasteiger partial charge in [0.25, 0.3) is 5.91 Å². The predicted molar refractivity (Wildman–Crippen MR) is 127 cm³/mol. The second-order valence-electron chi connectivity index (χ2n) is 7.11. The minimum Gasteiger partial charge on any atom is -0.497 e. The number of halogens is 1. The summed E-state index contributed by atoms with van der Waals surface area (Å²) in [5.74, 6) is 0.665. The van der Waals surface area contributed by atoms with Gasteiger partial charge in [-0.05, 0) is 30.3 Å². The molecule has 3 aromatic rings. The molecule has 0 radical (unpaired) electrons. The van der Waals surface area contributed by atoms with Crippen molar-refractivity contribution in [2.75, 3.05) is 48.8 Å². The lowest BCUT2D eigenvalue weighted by molar-refractivity contribution is 0.0741. The molecule has 1 aliphatic heterocycles. The summed E-state index contributed by atoms with van der Waals surface area (Å²) in [5.41, 5.74) is 1.96. The van der Waals surface area contributed by atoms with Crippen molar-refractivity contribution in [2.45, 2.75) is 0 Å². The highest BCUT2D eigenvalue weighted by molar-refractivity contribution is 7.14. The standard InChI is InChI=1S/C22H22ClN5O3S/c1-31-18-7-3-6-17(13-18)27-8-10-28(11-9-27)20(29)19-14-32-22(25-19)26-21(30)24-16-5-2-4-15(23)12-16/h2-7,12-14H,8-11H2,1H3,(H2,24,25,26,30). The van der Waals surface area contributed by atoms with Crippen molar-refractivity contribution < 1.29 is 14.3 Å². The maximum Gasteiger partial charge on any atom is 0.325 e. The molecule has 32 heavy (non-hydrogen) atoms. The molecule has 166 valence electrons. The Bertz CT molecular complexity index is 1110. The third-order valence-corrected chi connectivity index (χ3v) is 6.00. The summed E-state index contributed by atoms with van der Waals surface area (Å²) < 4.78 is 5.29. The molecule has 0 spiro atoms. The van der Waals surface area contributed by atoms with E-state index in [0.717, 1.165) is 24.5 Å². The average Bonchev–Trinajstić information content (AvgIpc) is 3.27. The Morgan fingerprint density at radius 2 is 1.84 bits per heavy atom. The summed E-state index contributed by atoms with van der Waals surface area (Å²) in [6.07, 6.45) is 0. The van der Waals surface area contributed by atoms with E-state index in [0.29, 0.717) is 34.6 Å². The predicted octanol–water partition coefficient (Wildman–Crippen LogP) is 4.41. The van der Waals surface area contributed by atoms with Gasteiger partial charge in [0.05, 0.1) is 7.11 Å². The number of hydrogen-bond acceptors (Lipinski definition) is 6. The summed E-state index contributed by atoms with van der Waals surface area (Å²) in [5, 5.41) is 7.87. The number of piperazine rings is 1. The first-order valence-electron chi connectivity index (χ1n) is 9.99. The Hall–Kier alpha value is -3.30. The van der Waals surface area contributed by atoms with Gasteiger partial charge < -0.3 is 19.9 Å². The van der Waals surface area contributed by atoms with Crippen LogP contribution in [0.3, 0.4) is 0 Å². The van der Waals surface area contributed by atoms with Crippen LogP contribution in [0.15, 0.2) is 53.9 Å². The number of amides is 3. The SMILES string of the molecule is COc1cccc(N2CCN(C(=O)c3csc(NC(=O)Nc4cccc(Cl)c4)n3)CC2)c1.